The van der Waals surface area contributed by atoms with Crippen LogP contribution in [0.4, 0.5) is 0 Å². The van der Waals surface area contributed by atoms with Crippen LogP contribution >= 0.6 is 22.7 Å². The second-order valence-corrected chi connectivity index (χ2v) is 6.38. The molecule has 0 aliphatic rings. The van der Waals surface area contributed by atoms with Gasteiger partial charge in [-0.15, -0.1) is 0 Å². The molecule has 4 heteroatoms. The van der Waals surface area contributed by atoms with E-state index in [2.05, 4.69) is 37.7 Å². The molecule has 0 unspecified atom stereocenters. The van der Waals surface area contributed by atoms with Gasteiger partial charge >= 0.3 is 0 Å². The fourth-order valence-electron chi connectivity index (χ4n) is 1.15. The average Bonchev–Trinajstić information content (AvgIpc) is 2.56. The van der Waals surface area contributed by atoms with Crippen LogP contribution in [0.15, 0.2) is 0 Å². The number of thiazole rings is 2. The number of fused-ring (bicyclic) bond motifs is 1. The molecule has 0 saturated carbocycles. The minimum Gasteiger partial charge on any atom is -0.229 e. The van der Waals surface area contributed by atoms with Crippen LogP contribution in [-0.2, 0) is 11.8 Å². The Labute approximate surface area is 92.0 Å². The van der Waals surface area contributed by atoms with Gasteiger partial charge in [-0.3, -0.25) is 0 Å². The van der Waals surface area contributed by atoms with Crippen LogP contribution in [0.3, 0.4) is 0 Å². The largest absolute Gasteiger partial charge is 0.229 e. The van der Waals surface area contributed by atoms with Crippen LogP contribution in [0, 0.1) is 0 Å². The van der Waals surface area contributed by atoms with Gasteiger partial charge in [-0.1, -0.05) is 50.4 Å². The molecule has 0 bridgehead atoms. The number of nitrogens with zero attached hydrogens (tertiary/aromatic N) is 2. The van der Waals surface area contributed by atoms with Crippen molar-refractivity contribution in [1.82, 2.24) is 9.97 Å². The second kappa shape index (κ2) is 3.28. The summed E-state index contributed by atoms with van der Waals surface area (Å²) in [6.45, 7) is 8.70. The first-order valence-corrected chi connectivity index (χ1v) is 6.40. The zero-order valence-electron chi connectivity index (χ0n) is 8.92. The molecule has 0 saturated heterocycles. The van der Waals surface area contributed by atoms with Crippen molar-refractivity contribution in [3.63, 3.8) is 0 Å². The molecule has 0 radical (unpaired) electrons. The first kappa shape index (κ1) is 10.1. The molecular weight excluding hydrogens is 212 g/mol. The molecule has 0 fully saturated rings. The summed E-state index contributed by atoms with van der Waals surface area (Å²) in [5.74, 6) is 0. The number of rotatable bonds is 1. The molecule has 0 spiro atoms. The Morgan fingerprint density at radius 1 is 1.07 bits per heavy atom. The Morgan fingerprint density at radius 2 is 1.71 bits per heavy atom. The lowest BCUT2D eigenvalue weighted by atomic mass is 9.98. The maximum Gasteiger partial charge on any atom is 0.155 e. The summed E-state index contributed by atoms with van der Waals surface area (Å²) >= 11 is 3.45. The zero-order chi connectivity index (χ0) is 10.3. The Morgan fingerprint density at radius 3 is 2.21 bits per heavy atom. The van der Waals surface area contributed by atoms with E-state index in [1.807, 2.05) is 0 Å². The lowest BCUT2D eigenvalue weighted by Gasteiger charge is -2.13. The Bertz CT molecular complexity index is 417. The lowest BCUT2D eigenvalue weighted by Crippen LogP contribution is -2.09. The molecule has 2 heterocycles. The summed E-state index contributed by atoms with van der Waals surface area (Å²) < 4.78 is 0. The van der Waals surface area contributed by atoms with Crippen LogP contribution in [0.25, 0.3) is 9.66 Å². The molecule has 0 aliphatic heterocycles. The molecule has 2 aromatic rings. The molecule has 2 nitrogen and oxygen atoms in total. The Balaban J connectivity index is 2.49. The minimum absolute atomic E-state index is 0.150. The fraction of sp³-hybridized carbons (Fsp3) is 0.600. The summed E-state index contributed by atoms with van der Waals surface area (Å²) in [4.78, 5) is 11.4. The smallest absolute Gasteiger partial charge is 0.155 e. The van der Waals surface area contributed by atoms with E-state index in [1.54, 1.807) is 22.7 Å². The van der Waals surface area contributed by atoms with Crippen molar-refractivity contribution in [1.29, 1.82) is 0 Å². The van der Waals surface area contributed by atoms with Gasteiger partial charge in [0.15, 0.2) is 9.66 Å². The Hall–Kier alpha value is -0.480. The van der Waals surface area contributed by atoms with Gasteiger partial charge in [0.25, 0.3) is 0 Å². The van der Waals surface area contributed by atoms with E-state index in [4.69, 9.17) is 0 Å². The van der Waals surface area contributed by atoms with Gasteiger partial charge in [-0.05, 0) is 6.42 Å². The molecule has 0 amide bonds. The summed E-state index contributed by atoms with van der Waals surface area (Å²) in [7, 11) is 0. The van der Waals surface area contributed by atoms with Crippen molar-refractivity contribution in [3.8, 4) is 0 Å². The summed E-state index contributed by atoms with van der Waals surface area (Å²) in [5, 5.41) is 2.38. The highest BCUT2D eigenvalue weighted by Crippen LogP contribution is 2.33. The summed E-state index contributed by atoms with van der Waals surface area (Å²) in [6, 6.07) is 0. The van der Waals surface area contributed by atoms with Gasteiger partial charge in [0.05, 0.1) is 5.01 Å². The van der Waals surface area contributed by atoms with Gasteiger partial charge in [0.1, 0.15) is 5.01 Å². The van der Waals surface area contributed by atoms with Crippen molar-refractivity contribution in [2.45, 2.75) is 39.5 Å². The molecule has 2 rings (SSSR count). The van der Waals surface area contributed by atoms with Gasteiger partial charge in [0, 0.05) is 5.41 Å². The van der Waals surface area contributed by atoms with E-state index in [1.165, 1.54) is 10.0 Å². The van der Waals surface area contributed by atoms with E-state index in [0.29, 0.717) is 0 Å². The van der Waals surface area contributed by atoms with E-state index in [0.717, 1.165) is 16.1 Å². The van der Waals surface area contributed by atoms with Crippen molar-refractivity contribution >= 4 is 32.3 Å². The maximum absolute atomic E-state index is 4.63. The van der Waals surface area contributed by atoms with Crippen LogP contribution in [-0.4, -0.2) is 9.97 Å². The predicted molar refractivity (Wildman–Crippen MR) is 63.4 cm³/mol. The molecular formula is C10H14N2S2. The second-order valence-electron chi connectivity index (χ2n) is 4.34. The van der Waals surface area contributed by atoms with Crippen molar-refractivity contribution < 1.29 is 0 Å². The number of hydrogen-bond acceptors (Lipinski definition) is 4. The zero-order valence-corrected chi connectivity index (χ0v) is 10.6. The molecule has 76 valence electrons. The molecule has 0 N–H and O–H groups in total. The molecule has 2 aromatic heterocycles. The molecule has 0 aromatic carbocycles. The van der Waals surface area contributed by atoms with Gasteiger partial charge in [-0.2, -0.15) is 0 Å². The number of hydrogen-bond donors (Lipinski definition) is 0. The normalized spacial score (nSPS) is 12.6. The van der Waals surface area contributed by atoms with E-state index < -0.39 is 0 Å². The Kier molecular flexibility index (Phi) is 2.35. The van der Waals surface area contributed by atoms with E-state index >= 15 is 0 Å². The lowest BCUT2D eigenvalue weighted by molar-refractivity contribution is 0.587. The van der Waals surface area contributed by atoms with Crippen LogP contribution in [0.5, 0.6) is 0 Å². The van der Waals surface area contributed by atoms with Gasteiger partial charge < -0.3 is 0 Å². The SMILES string of the molecule is CCc1nc2sc(C(C)(C)C)nc2s1. The van der Waals surface area contributed by atoms with E-state index in [-0.39, 0.29) is 5.41 Å². The van der Waals surface area contributed by atoms with Crippen molar-refractivity contribution in [2.75, 3.05) is 0 Å². The quantitative estimate of drug-likeness (QED) is 0.742. The third kappa shape index (κ3) is 1.68. The first-order chi connectivity index (χ1) is 6.50. The minimum atomic E-state index is 0.150. The predicted octanol–water partition coefficient (Wildman–Crippen LogP) is 3.61. The number of aryl methyl sites for hydroxylation is 1. The monoisotopic (exact) mass is 226 g/mol. The number of aromatic nitrogens is 2. The van der Waals surface area contributed by atoms with Gasteiger partial charge in [-0.25, -0.2) is 9.97 Å². The third-order valence-corrected chi connectivity index (χ3v) is 4.56. The molecule has 0 atom stereocenters. The molecule has 14 heavy (non-hydrogen) atoms. The van der Waals surface area contributed by atoms with Crippen molar-refractivity contribution in [2.24, 2.45) is 0 Å². The standard InChI is InChI=1S/C10H14N2S2/c1-5-6-11-7-8(13-6)12-9(14-7)10(2,3)4/h5H2,1-4H3. The van der Waals surface area contributed by atoms with Crippen LogP contribution in [0.2, 0.25) is 0 Å². The third-order valence-electron chi connectivity index (χ3n) is 1.96. The summed E-state index contributed by atoms with van der Waals surface area (Å²) in [5.41, 5.74) is 0.150. The van der Waals surface area contributed by atoms with Crippen molar-refractivity contribution in [3.05, 3.63) is 10.0 Å². The van der Waals surface area contributed by atoms with E-state index in [9.17, 15) is 0 Å². The van der Waals surface area contributed by atoms with Crippen LogP contribution < -0.4 is 0 Å². The summed E-state index contributed by atoms with van der Waals surface area (Å²) in [6.07, 6.45) is 1.01. The molecule has 0 aliphatic carbocycles. The highest BCUT2D eigenvalue weighted by Gasteiger charge is 2.20. The first-order valence-electron chi connectivity index (χ1n) is 4.77. The highest BCUT2D eigenvalue weighted by molar-refractivity contribution is 7.26. The fourth-order valence-corrected chi connectivity index (χ4v) is 3.21. The highest BCUT2D eigenvalue weighted by atomic mass is 32.1. The van der Waals surface area contributed by atoms with Crippen LogP contribution in [0.1, 0.15) is 37.7 Å². The van der Waals surface area contributed by atoms with Gasteiger partial charge in [0.2, 0.25) is 0 Å². The average molecular weight is 226 g/mol. The topological polar surface area (TPSA) is 25.8 Å². The maximum atomic E-state index is 4.63.